The first-order chi connectivity index (χ1) is 15.9. The number of benzene rings is 2. The average molecular weight is 452 g/mol. The number of carbonyl (C=O) groups excluding carboxylic acids is 3. The lowest BCUT2D eigenvalue weighted by molar-refractivity contribution is -0.121. The fraction of sp³-hybridized carbons (Fsp3) is 0.227. The fourth-order valence-corrected chi connectivity index (χ4v) is 3.42. The molecule has 2 heterocycles. The predicted octanol–water partition coefficient (Wildman–Crippen LogP) is 2.67. The van der Waals surface area contributed by atoms with Gasteiger partial charge in [-0.3, -0.25) is 24.6 Å². The lowest BCUT2D eigenvalue weighted by Gasteiger charge is -2.14. The maximum absolute atomic E-state index is 12.7. The number of aromatic nitrogens is 2. The summed E-state index contributed by atoms with van der Waals surface area (Å²) in [6.07, 6.45) is 0.307. The largest absolute Gasteiger partial charge is 0.493 e. The Bertz CT molecular complexity index is 1200. The number of nitrogens with zero attached hydrogens (tertiary/aromatic N) is 3. The number of nitrogens with one attached hydrogen (secondary N) is 1. The van der Waals surface area contributed by atoms with Crippen molar-refractivity contribution in [1.82, 2.24) is 10.2 Å². The van der Waals surface area contributed by atoms with E-state index in [4.69, 9.17) is 18.6 Å². The summed E-state index contributed by atoms with van der Waals surface area (Å²) in [6, 6.07) is 9.29. The molecule has 1 saturated heterocycles. The maximum Gasteiger partial charge on any atom is 0.322 e. The lowest BCUT2D eigenvalue weighted by Crippen LogP contribution is -2.28. The van der Waals surface area contributed by atoms with Gasteiger partial charge in [-0.15, -0.1) is 5.10 Å². The molecule has 1 aromatic heterocycles. The van der Waals surface area contributed by atoms with E-state index in [0.29, 0.717) is 28.5 Å². The van der Waals surface area contributed by atoms with E-state index in [1.54, 1.807) is 30.3 Å². The molecule has 3 amide bonds. The highest BCUT2D eigenvalue weighted by Crippen LogP contribution is 2.41. The van der Waals surface area contributed by atoms with Crippen LogP contribution in [0.1, 0.15) is 23.2 Å². The van der Waals surface area contributed by atoms with Gasteiger partial charge in [0.05, 0.1) is 27.0 Å². The average Bonchev–Trinajstić information content (AvgIpc) is 3.43. The van der Waals surface area contributed by atoms with Gasteiger partial charge in [-0.25, -0.2) is 0 Å². The minimum atomic E-state index is -0.545. The molecule has 3 aromatic rings. The van der Waals surface area contributed by atoms with Crippen molar-refractivity contribution in [2.45, 2.75) is 12.8 Å². The molecule has 1 N–H and O–H groups in total. The summed E-state index contributed by atoms with van der Waals surface area (Å²) in [5, 5.41) is 10.3. The Morgan fingerprint density at radius 2 is 1.64 bits per heavy atom. The molecule has 0 unspecified atom stereocenters. The van der Waals surface area contributed by atoms with Crippen LogP contribution < -0.4 is 24.4 Å². The van der Waals surface area contributed by atoms with Gasteiger partial charge in [0.15, 0.2) is 11.5 Å². The van der Waals surface area contributed by atoms with E-state index in [1.807, 2.05) is 0 Å². The van der Waals surface area contributed by atoms with Gasteiger partial charge in [0.2, 0.25) is 23.5 Å². The standard InChI is InChI=1S/C22H20N4O7/c1-30-15-10-13(11-16(31-2)19(15)32-3)21-24-25-22(33-21)23-20(29)12-5-4-6-14(9-12)26-17(27)7-8-18(26)28/h4-6,9-11H,7-8H2,1-3H3,(H,23,25,29). The number of imide groups is 1. The van der Waals surface area contributed by atoms with E-state index in [9.17, 15) is 14.4 Å². The normalized spacial score (nSPS) is 13.2. The molecule has 4 rings (SSSR count). The third-order valence-electron chi connectivity index (χ3n) is 4.98. The highest BCUT2D eigenvalue weighted by Gasteiger charge is 2.30. The summed E-state index contributed by atoms with van der Waals surface area (Å²) in [5.41, 5.74) is 1.04. The first-order valence-corrected chi connectivity index (χ1v) is 9.86. The Hall–Kier alpha value is -4.41. The van der Waals surface area contributed by atoms with E-state index < -0.39 is 5.91 Å². The van der Waals surface area contributed by atoms with E-state index in [-0.39, 0.29) is 42.1 Å². The van der Waals surface area contributed by atoms with Crippen molar-refractivity contribution in [1.29, 1.82) is 0 Å². The molecule has 0 radical (unpaired) electrons. The molecule has 170 valence electrons. The highest BCUT2D eigenvalue weighted by atomic mass is 16.5. The maximum atomic E-state index is 12.7. The molecule has 1 fully saturated rings. The first kappa shape index (κ1) is 21.8. The van der Waals surface area contributed by atoms with Crippen LogP contribution in [0.3, 0.4) is 0 Å². The fourth-order valence-electron chi connectivity index (χ4n) is 3.42. The number of rotatable bonds is 7. The van der Waals surface area contributed by atoms with Crippen LogP contribution in [0.5, 0.6) is 17.2 Å². The van der Waals surface area contributed by atoms with Crippen molar-refractivity contribution in [3.05, 3.63) is 42.0 Å². The Balaban J connectivity index is 1.55. The zero-order valence-corrected chi connectivity index (χ0v) is 18.1. The van der Waals surface area contributed by atoms with Gasteiger partial charge in [0.25, 0.3) is 5.91 Å². The van der Waals surface area contributed by atoms with Gasteiger partial charge in [0, 0.05) is 24.0 Å². The zero-order valence-electron chi connectivity index (χ0n) is 18.1. The van der Waals surface area contributed by atoms with Gasteiger partial charge >= 0.3 is 6.01 Å². The molecule has 0 saturated carbocycles. The molecular formula is C22H20N4O7. The summed E-state index contributed by atoms with van der Waals surface area (Å²) in [4.78, 5) is 37.7. The monoisotopic (exact) mass is 452 g/mol. The van der Waals surface area contributed by atoms with Crippen LogP contribution in [0, 0.1) is 0 Å². The first-order valence-electron chi connectivity index (χ1n) is 9.86. The van der Waals surface area contributed by atoms with Gasteiger partial charge in [-0.05, 0) is 30.3 Å². The van der Waals surface area contributed by atoms with Crippen LogP contribution in [-0.2, 0) is 9.59 Å². The molecule has 0 atom stereocenters. The van der Waals surface area contributed by atoms with Gasteiger partial charge < -0.3 is 18.6 Å². The third-order valence-corrected chi connectivity index (χ3v) is 4.98. The molecule has 11 heteroatoms. The molecule has 2 aromatic carbocycles. The van der Waals surface area contributed by atoms with Crippen molar-refractivity contribution >= 4 is 29.4 Å². The van der Waals surface area contributed by atoms with E-state index in [0.717, 1.165) is 4.90 Å². The summed E-state index contributed by atoms with van der Waals surface area (Å²) in [6.45, 7) is 0. The van der Waals surface area contributed by atoms with Crippen LogP contribution in [0.25, 0.3) is 11.5 Å². The summed E-state index contributed by atoms with van der Waals surface area (Å²) in [5.74, 6) is 0.181. The van der Waals surface area contributed by atoms with E-state index in [1.165, 1.54) is 27.4 Å². The smallest absolute Gasteiger partial charge is 0.322 e. The number of anilines is 2. The van der Waals surface area contributed by atoms with Crippen molar-refractivity contribution in [2.24, 2.45) is 0 Å². The summed E-state index contributed by atoms with van der Waals surface area (Å²) in [7, 11) is 4.46. The molecule has 0 spiro atoms. The van der Waals surface area contributed by atoms with Crippen molar-refractivity contribution < 1.29 is 33.0 Å². The molecule has 11 nitrogen and oxygen atoms in total. The molecule has 0 bridgehead atoms. The number of amides is 3. The Kier molecular flexibility index (Phi) is 5.94. The van der Waals surface area contributed by atoms with Gasteiger partial charge in [-0.2, -0.15) is 0 Å². The van der Waals surface area contributed by atoms with Gasteiger partial charge in [-0.1, -0.05) is 11.2 Å². The second kappa shape index (κ2) is 8.99. The van der Waals surface area contributed by atoms with Crippen LogP contribution >= 0.6 is 0 Å². The number of hydrogen-bond donors (Lipinski definition) is 1. The number of methoxy groups -OCH3 is 3. The second-order valence-electron chi connectivity index (χ2n) is 6.95. The van der Waals surface area contributed by atoms with Crippen LogP contribution in [0.4, 0.5) is 11.7 Å². The van der Waals surface area contributed by atoms with Gasteiger partial charge in [0.1, 0.15) is 0 Å². The van der Waals surface area contributed by atoms with Crippen molar-refractivity contribution in [3.63, 3.8) is 0 Å². The third kappa shape index (κ3) is 4.20. The van der Waals surface area contributed by atoms with Crippen LogP contribution in [0.2, 0.25) is 0 Å². The predicted molar refractivity (Wildman–Crippen MR) is 116 cm³/mol. The number of ether oxygens (including phenoxy) is 3. The van der Waals surface area contributed by atoms with Crippen molar-refractivity contribution in [2.75, 3.05) is 31.5 Å². The summed E-state index contributed by atoms with van der Waals surface area (Å²) < 4.78 is 21.5. The highest BCUT2D eigenvalue weighted by molar-refractivity contribution is 6.20. The van der Waals surface area contributed by atoms with Crippen LogP contribution in [-0.4, -0.2) is 49.2 Å². The van der Waals surface area contributed by atoms with Crippen LogP contribution in [0.15, 0.2) is 40.8 Å². The second-order valence-corrected chi connectivity index (χ2v) is 6.95. The molecule has 1 aliphatic rings. The molecule has 1 aliphatic heterocycles. The van der Waals surface area contributed by atoms with E-state index >= 15 is 0 Å². The Morgan fingerprint density at radius 3 is 2.24 bits per heavy atom. The van der Waals surface area contributed by atoms with Crippen molar-refractivity contribution in [3.8, 4) is 28.7 Å². The zero-order chi connectivity index (χ0) is 23.5. The minimum Gasteiger partial charge on any atom is -0.493 e. The Labute approximate surface area is 188 Å². The number of hydrogen-bond acceptors (Lipinski definition) is 9. The topological polar surface area (TPSA) is 133 Å². The molecular weight excluding hydrogens is 432 g/mol. The Morgan fingerprint density at radius 1 is 0.970 bits per heavy atom. The SMILES string of the molecule is COc1cc(-c2nnc(NC(=O)c3cccc(N4C(=O)CCC4=O)c3)o2)cc(OC)c1OC. The quantitative estimate of drug-likeness (QED) is 0.537. The lowest BCUT2D eigenvalue weighted by atomic mass is 10.1. The number of carbonyl (C=O) groups is 3. The minimum absolute atomic E-state index is 0.117. The van der Waals surface area contributed by atoms with E-state index in [2.05, 4.69) is 15.5 Å². The molecule has 33 heavy (non-hydrogen) atoms. The summed E-state index contributed by atoms with van der Waals surface area (Å²) >= 11 is 0. The molecule has 0 aliphatic carbocycles.